The van der Waals surface area contributed by atoms with Crippen LogP contribution in [-0.4, -0.2) is 42.3 Å². The first kappa shape index (κ1) is 22.4. The van der Waals surface area contributed by atoms with Crippen LogP contribution in [0.5, 0.6) is 0 Å². The van der Waals surface area contributed by atoms with Gasteiger partial charge in [0, 0.05) is 18.5 Å². The van der Waals surface area contributed by atoms with Crippen molar-refractivity contribution in [3.63, 3.8) is 0 Å². The van der Waals surface area contributed by atoms with Gasteiger partial charge < -0.3 is 20.5 Å². The van der Waals surface area contributed by atoms with E-state index in [2.05, 4.69) is 34.9 Å². The lowest BCUT2D eigenvalue weighted by Gasteiger charge is -2.31. The van der Waals surface area contributed by atoms with E-state index in [1.165, 1.54) is 11.1 Å². The summed E-state index contributed by atoms with van der Waals surface area (Å²) in [6.45, 7) is 1.88. The zero-order valence-electron chi connectivity index (χ0n) is 19.2. The number of carbonyl (C=O) groups excluding carboxylic acids is 2. The molecule has 3 aliphatic carbocycles. The molecule has 0 aromatic heterocycles. The molecule has 2 amide bonds. The van der Waals surface area contributed by atoms with Gasteiger partial charge in [-0.3, -0.25) is 9.59 Å². The highest BCUT2D eigenvalue weighted by Gasteiger charge is 2.51. The van der Waals surface area contributed by atoms with Gasteiger partial charge in [-0.2, -0.15) is 0 Å². The number of hydrogen-bond donors (Lipinski definition) is 3. The van der Waals surface area contributed by atoms with Gasteiger partial charge in [0.2, 0.25) is 5.91 Å². The normalized spacial score (nSPS) is 25.3. The zero-order chi connectivity index (χ0) is 23.8. The third kappa shape index (κ3) is 4.04. The van der Waals surface area contributed by atoms with Gasteiger partial charge >= 0.3 is 12.1 Å². The molecule has 0 heterocycles. The van der Waals surface area contributed by atoms with Crippen LogP contribution in [0.4, 0.5) is 4.79 Å². The molecule has 178 valence electrons. The van der Waals surface area contributed by atoms with Crippen molar-refractivity contribution in [2.45, 2.75) is 38.1 Å². The molecule has 0 aliphatic heterocycles. The van der Waals surface area contributed by atoms with Gasteiger partial charge in [-0.05, 0) is 53.4 Å². The van der Waals surface area contributed by atoms with Gasteiger partial charge in [0.25, 0.3) is 0 Å². The van der Waals surface area contributed by atoms with Crippen molar-refractivity contribution in [3.8, 4) is 11.1 Å². The maximum absolute atomic E-state index is 12.9. The first-order valence-corrected chi connectivity index (χ1v) is 12.1. The van der Waals surface area contributed by atoms with E-state index in [4.69, 9.17) is 9.84 Å². The van der Waals surface area contributed by atoms with Crippen LogP contribution in [-0.2, 0) is 14.3 Å². The third-order valence-electron chi connectivity index (χ3n) is 7.85. The maximum Gasteiger partial charge on any atom is 0.407 e. The first-order chi connectivity index (χ1) is 16.4. The van der Waals surface area contributed by atoms with Gasteiger partial charge in [-0.1, -0.05) is 55.5 Å². The number of benzene rings is 2. The van der Waals surface area contributed by atoms with Crippen LogP contribution in [0.3, 0.4) is 0 Å². The topological polar surface area (TPSA) is 105 Å². The molecule has 5 rings (SSSR count). The average molecular weight is 463 g/mol. The van der Waals surface area contributed by atoms with Crippen LogP contribution in [0, 0.1) is 23.7 Å². The summed E-state index contributed by atoms with van der Waals surface area (Å²) in [5.41, 5.74) is 4.66. The van der Waals surface area contributed by atoms with Crippen LogP contribution in [0.2, 0.25) is 0 Å². The summed E-state index contributed by atoms with van der Waals surface area (Å²) in [7, 11) is 0. The molecular formula is C27H30N2O5. The number of fused-ring (bicyclic) bond motifs is 5. The summed E-state index contributed by atoms with van der Waals surface area (Å²) in [6.07, 6.45) is 2.34. The first-order valence-electron chi connectivity index (χ1n) is 12.1. The molecule has 34 heavy (non-hydrogen) atoms. The molecule has 3 aliphatic rings. The summed E-state index contributed by atoms with van der Waals surface area (Å²) < 4.78 is 5.71. The van der Waals surface area contributed by atoms with E-state index in [9.17, 15) is 14.4 Å². The van der Waals surface area contributed by atoms with Gasteiger partial charge in [0.1, 0.15) is 6.61 Å². The molecule has 7 heteroatoms. The Morgan fingerprint density at radius 2 is 1.62 bits per heavy atom. The van der Waals surface area contributed by atoms with Crippen molar-refractivity contribution in [3.05, 3.63) is 59.7 Å². The Morgan fingerprint density at radius 3 is 2.26 bits per heavy atom. The predicted octanol–water partition coefficient (Wildman–Crippen LogP) is 3.78. The van der Waals surface area contributed by atoms with Crippen LogP contribution in [0.25, 0.3) is 11.1 Å². The molecule has 2 saturated carbocycles. The van der Waals surface area contributed by atoms with Gasteiger partial charge in [0.15, 0.2) is 0 Å². The van der Waals surface area contributed by atoms with E-state index < -0.39 is 18.0 Å². The second-order valence-corrected chi connectivity index (χ2v) is 9.84. The number of carboxylic acids is 1. The molecule has 0 spiro atoms. The number of amides is 2. The summed E-state index contributed by atoms with van der Waals surface area (Å²) in [5.74, 6) is -1.68. The molecule has 7 nitrogen and oxygen atoms in total. The fraction of sp³-hybridized carbons (Fsp3) is 0.444. The Bertz CT molecular complexity index is 1070. The lowest BCUT2D eigenvalue weighted by molar-refractivity contribution is -0.141. The minimum atomic E-state index is -0.943. The lowest BCUT2D eigenvalue weighted by atomic mass is 9.83. The van der Waals surface area contributed by atoms with Crippen LogP contribution in [0.1, 0.15) is 43.2 Å². The van der Waals surface area contributed by atoms with Crippen molar-refractivity contribution < 1.29 is 24.2 Å². The van der Waals surface area contributed by atoms with E-state index in [1.54, 1.807) is 6.92 Å². The molecule has 2 aromatic carbocycles. The SMILES string of the molecule is CC(CNC(=O)C1C2CCC(C2)C1NC(=O)OCC1c2ccccc2-c2ccccc21)C(=O)O. The average Bonchev–Trinajstić information content (AvgIpc) is 3.53. The van der Waals surface area contributed by atoms with E-state index in [-0.39, 0.29) is 48.8 Å². The number of alkyl carbamates (subject to hydrolysis) is 1. The van der Waals surface area contributed by atoms with Crippen molar-refractivity contribution >= 4 is 18.0 Å². The summed E-state index contributed by atoms with van der Waals surface area (Å²) in [4.78, 5) is 36.8. The zero-order valence-corrected chi connectivity index (χ0v) is 19.2. The maximum atomic E-state index is 12.9. The number of rotatable bonds is 7. The van der Waals surface area contributed by atoms with Crippen LogP contribution in [0.15, 0.2) is 48.5 Å². The Morgan fingerprint density at radius 1 is 1.00 bits per heavy atom. The number of hydrogen-bond acceptors (Lipinski definition) is 4. The Hall–Kier alpha value is -3.35. The van der Waals surface area contributed by atoms with Crippen molar-refractivity contribution in [1.29, 1.82) is 0 Å². The van der Waals surface area contributed by atoms with E-state index in [0.29, 0.717) is 0 Å². The highest BCUT2D eigenvalue weighted by Crippen LogP contribution is 2.49. The number of carbonyl (C=O) groups is 3. The predicted molar refractivity (Wildman–Crippen MR) is 126 cm³/mol. The summed E-state index contributed by atoms with van der Waals surface area (Å²) in [6, 6.07) is 16.1. The standard InChI is InChI=1S/C27H30N2O5/c1-15(26(31)32)13-28-25(30)23-16-10-11-17(12-16)24(23)29-27(33)34-14-22-20-8-4-2-6-18(20)19-7-3-5-9-21(19)22/h2-9,15-17,22-24H,10-14H2,1H3,(H,28,30)(H,29,33)(H,31,32). The van der Waals surface area contributed by atoms with Crippen molar-refractivity contribution in [2.24, 2.45) is 23.7 Å². The third-order valence-corrected chi connectivity index (χ3v) is 7.85. The Kier molecular flexibility index (Phi) is 6.02. The molecule has 2 bridgehead atoms. The molecule has 5 unspecified atom stereocenters. The number of nitrogens with one attached hydrogen (secondary N) is 2. The summed E-state index contributed by atoms with van der Waals surface area (Å²) in [5, 5.41) is 14.8. The summed E-state index contributed by atoms with van der Waals surface area (Å²) >= 11 is 0. The Labute approximate surface area is 198 Å². The molecule has 0 radical (unpaired) electrons. The lowest BCUT2D eigenvalue weighted by Crippen LogP contribution is -2.50. The van der Waals surface area contributed by atoms with Gasteiger partial charge in [0.05, 0.1) is 11.8 Å². The van der Waals surface area contributed by atoms with Crippen LogP contribution >= 0.6 is 0 Å². The molecular weight excluding hydrogens is 432 g/mol. The monoisotopic (exact) mass is 462 g/mol. The van der Waals surface area contributed by atoms with E-state index in [1.807, 2.05) is 24.3 Å². The molecule has 2 fully saturated rings. The van der Waals surface area contributed by atoms with Gasteiger partial charge in [-0.25, -0.2) is 4.79 Å². The minimum Gasteiger partial charge on any atom is -0.481 e. The fourth-order valence-electron chi connectivity index (χ4n) is 6.11. The van der Waals surface area contributed by atoms with E-state index >= 15 is 0 Å². The number of ether oxygens (including phenoxy) is 1. The fourth-order valence-corrected chi connectivity index (χ4v) is 6.11. The minimum absolute atomic E-state index is 0.0187. The quantitative estimate of drug-likeness (QED) is 0.581. The largest absolute Gasteiger partial charge is 0.481 e. The Balaban J connectivity index is 1.23. The van der Waals surface area contributed by atoms with Gasteiger partial charge in [-0.15, -0.1) is 0 Å². The highest BCUT2D eigenvalue weighted by atomic mass is 16.5. The molecule has 2 aromatic rings. The second-order valence-electron chi connectivity index (χ2n) is 9.84. The van der Waals surface area contributed by atoms with Crippen molar-refractivity contribution in [2.75, 3.05) is 13.2 Å². The van der Waals surface area contributed by atoms with Crippen molar-refractivity contribution in [1.82, 2.24) is 10.6 Å². The number of carboxylic acid groups (broad SMARTS) is 1. The second kappa shape index (κ2) is 9.12. The molecule has 3 N–H and O–H groups in total. The number of aliphatic carboxylic acids is 1. The smallest absolute Gasteiger partial charge is 0.407 e. The highest BCUT2D eigenvalue weighted by molar-refractivity contribution is 5.82. The van der Waals surface area contributed by atoms with Crippen LogP contribution < -0.4 is 10.6 Å². The molecule has 5 atom stereocenters. The molecule has 0 saturated heterocycles. The van der Waals surface area contributed by atoms with E-state index in [0.717, 1.165) is 30.4 Å².